The molecule has 0 spiro atoms. The molecule has 0 saturated heterocycles. The second kappa shape index (κ2) is 5.15. The Bertz CT molecular complexity index is 738. The molecule has 0 bridgehead atoms. The molecule has 2 N–H and O–H groups in total. The van der Waals surface area contributed by atoms with Gasteiger partial charge in [-0.2, -0.15) is 0 Å². The Morgan fingerprint density at radius 2 is 1.89 bits per heavy atom. The molecule has 1 atom stereocenters. The first-order valence-electron chi connectivity index (χ1n) is 5.85. The average Bonchev–Trinajstić information content (AvgIpc) is 2.84. The van der Waals surface area contributed by atoms with Crippen molar-refractivity contribution >= 4 is 45.2 Å². The van der Waals surface area contributed by atoms with E-state index in [1.54, 1.807) is 0 Å². The number of nitrogens with two attached hydrogens (primary N) is 1. The lowest BCUT2D eigenvalue weighted by molar-refractivity contribution is 0.524. The largest absolute Gasteiger partial charge is 0.457 e. The first-order valence-corrected chi connectivity index (χ1v) is 7.30. The summed E-state index contributed by atoms with van der Waals surface area (Å²) in [6, 6.07) is 15.4. The summed E-state index contributed by atoms with van der Waals surface area (Å²) in [5, 5.41) is 1.59. The number of benzene rings is 2. The van der Waals surface area contributed by atoms with E-state index in [1.807, 2.05) is 48.5 Å². The summed E-state index contributed by atoms with van der Waals surface area (Å²) in [4.78, 5) is 0. The third-order valence-corrected chi connectivity index (χ3v) is 4.34. The van der Waals surface area contributed by atoms with Gasteiger partial charge in [0.05, 0.1) is 11.1 Å². The van der Waals surface area contributed by atoms with Crippen LogP contribution in [0.2, 0.25) is 5.02 Å². The van der Waals surface area contributed by atoms with Crippen LogP contribution in [-0.4, -0.2) is 0 Å². The zero-order valence-corrected chi connectivity index (χ0v) is 12.9. The van der Waals surface area contributed by atoms with Gasteiger partial charge >= 0.3 is 0 Å². The highest BCUT2D eigenvalue weighted by Crippen LogP contribution is 2.32. The number of para-hydroxylation sites is 1. The number of rotatable bonds is 2. The van der Waals surface area contributed by atoms with E-state index in [4.69, 9.17) is 21.8 Å². The highest BCUT2D eigenvalue weighted by atomic mass is 127. The van der Waals surface area contributed by atoms with Gasteiger partial charge in [0.25, 0.3) is 0 Å². The van der Waals surface area contributed by atoms with E-state index in [1.165, 1.54) is 0 Å². The Morgan fingerprint density at radius 1 is 1.11 bits per heavy atom. The molecule has 2 nitrogen and oxygen atoms in total. The number of hydrogen-bond donors (Lipinski definition) is 1. The van der Waals surface area contributed by atoms with E-state index in [0.29, 0.717) is 10.6 Å². The van der Waals surface area contributed by atoms with Crippen LogP contribution in [0.15, 0.2) is 52.9 Å². The van der Waals surface area contributed by atoms with Gasteiger partial charge in [0, 0.05) is 8.96 Å². The first-order chi connectivity index (χ1) is 9.16. The van der Waals surface area contributed by atoms with Gasteiger partial charge in [0.2, 0.25) is 0 Å². The molecule has 0 amide bonds. The van der Waals surface area contributed by atoms with Crippen LogP contribution >= 0.6 is 34.2 Å². The Balaban J connectivity index is 2.10. The lowest BCUT2D eigenvalue weighted by Crippen LogP contribution is -2.12. The molecule has 96 valence electrons. The Hall–Kier alpha value is -1.04. The molecule has 1 aromatic heterocycles. The third kappa shape index (κ3) is 2.38. The molecular formula is C15H11ClINO. The number of halogens is 2. The van der Waals surface area contributed by atoms with Gasteiger partial charge < -0.3 is 10.2 Å². The molecule has 0 radical (unpaired) electrons. The number of furan rings is 1. The highest BCUT2D eigenvalue weighted by Gasteiger charge is 2.17. The summed E-state index contributed by atoms with van der Waals surface area (Å²) in [5.41, 5.74) is 8.04. The molecule has 0 aliphatic rings. The summed E-state index contributed by atoms with van der Waals surface area (Å²) in [7, 11) is 0. The van der Waals surface area contributed by atoms with Crippen molar-refractivity contribution < 1.29 is 4.42 Å². The second-order valence-electron chi connectivity index (χ2n) is 4.31. The summed E-state index contributed by atoms with van der Waals surface area (Å²) in [6.07, 6.45) is 0. The standard InChI is InChI=1S/C15H11ClINO/c16-11-6-3-4-9-8-13(19-15(9)11)14(18)10-5-1-2-7-12(10)17/h1-8,14H,18H2. The highest BCUT2D eigenvalue weighted by molar-refractivity contribution is 14.1. The first kappa shape index (κ1) is 13.0. The quantitative estimate of drug-likeness (QED) is 0.649. The molecule has 0 aliphatic carbocycles. The Morgan fingerprint density at radius 3 is 2.63 bits per heavy atom. The molecular weight excluding hydrogens is 373 g/mol. The molecule has 1 unspecified atom stereocenters. The van der Waals surface area contributed by atoms with Gasteiger partial charge in [-0.15, -0.1) is 0 Å². The molecule has 0 saturated carbocycles. The SMILES string of the molecule is NC(c1cc2cccc(Cl)c2o1)c1ccccc1I. The number of hydrogen-bond acceptors (Lipinski definition) is 2. The fourth-order valence-electron chi connectivity index (χ4n) is 2.08. The molecule has 0 aliphatic heterocycles. The lowest BCUT2D eigenvalue weighted by atomic mass is 10.1. The topological polar surface area (TPSA) is 39.2 Å². The van der Waals surface area contributed by atoms with Crippen LogP contribution in [0.1, 0.15) is 17.4 Å². The summed E-state index contributed by atoms with van der Waals surface area (Å²) in [6.45, 7) is 0. The van der Waals surface area contributed by atoms with Crippen LogP contribution in [0.25, 0.3) is 11.0 Å². The summed E-state index contributed by atoms with van der Waals surface area (Å²) >= 11 is 8.40. The van der Waals surface area contributed by atoms with Crippen molar-refractivity contribution in [2.75, 3.05) is 0 Å². The molecule has 1 heterocycles. The van der Waals surface area contributed by atoms with Crippen molar-refractivity contribution in [3.63, 3.8) is 0 Å². The smallest absolute Gasteiger partial charge is 0.152 e. The van der Waals surface area contributed by atoms with E-state index >= 15 is 0 Å². The third-order valence-electron chi connectivity index (χ3n) is 3.06. The van der Waals surface area contributed by atoms with Crippen molar-refractivity contribution in [3.05, 3.63) is 68.4 Å². The fourth-order valence-corrected chi connectivity index (χ4v) is 3.02. The maximum atomic E-state index is 6.29. The molecule has 3 aromatic rings. The van der Waals surface area contributed by atoms with Crippen molar-refractivity contribution in [1.82, 2.24) is 0 Å². The predicted molar refractivity (Wildman–Crippen MR) is 86.4 cm³/mol. The van der Waals surface area contributed by atoms with Crippen molar-refractivity contribution in [2.45, 2.75) is 6.04 Å². The molecule has 3 rings (SSSR count). The van der Waals surface area contributed by atoms with Crippen molar-refractivity contribution in [1.29, 1.82) is 0 Å². The number of fused-ring (bicyclic) bond motifs is 1. The van der Waals surface area contributed by atoms with E-state index in [9.17, 15) is 0 Å². The predicted octanol–water partition coefficient (Wildman–Crippen LogP) is 4.74. The molecule has 4 heteroatoms. The summed E-state index contributed by atoms with van der Waals surface area (Å²) < 4.78 is 6.93. The zero-order valence-electron chi connectivity index (χ0n) is 9.94. The van der Waals surface area contributed by atoms with Gasteiger partial charge in [-0.1, -0.05) is 41.9 Å². The Labute approximate surface area is 129 Å². The van der Waals surface area contributed by atoms with Gasteiger partial charge in [0.1, 0.15) is 5.76 Å². The van der Waals surface area contributed by atoms with Crippen LogP contribution in [0.3, 0.4) is 0 Å². The van der Waals surface area contributed by atoms with Crippen LogP contribution in [-0.2, 0) is 0 Å². The van der Waals surface area contributed by atoms with Gasteiger partial charge in [0.15, 0.2) is 5.58 Å². The monoisotopic (exact) mass is 383 g/mol. The second-order valence-corrected chi connectivity index (χ2v) is 5.88. The minimum atomic E-state index is -0.281. The molecule has 2 aromatic carbocycles. The molecule has 0 fully saturated rings. The zero-order chi connectivity index (χ0) is 13.4. The maximum Gasteiger partial charge on any atom is 0.152 e. The van der Waals surface area contributed by atoms with E-state index in [0.717, 1.165) is 20.3 Å². The minimum Gasteiger partial charge on any atom is -0.457 e. The van der Waals surface area contributed by atoms with E-state index < -0.39 is 0 Å². The maximum absolute atomic E-state index is 6.29. The van der Waals surface area contributed by atoms with E-state index in [2.05, 4.69) is 22.6 Å². The van der Waals surface area contributed by atoms with Crippen LogP contribution < -0.4 is 5.73 Å². The minimum absolute atomic E-state index is 0.281. The van der Waals surface area contributed by atoms with Gasteiger partial charge in [-0.05, 0) is 46.4 Å². The lowest BCUT2D eigenvalue weighted by Gasteiger charge is -2.10. The average molecular weight is 384 g/mol. The summed E-state index contributed by atoms with van der Waals surface area (Å²) in [5.74, 6) is 0.729. The van der Waals surface area contributed by atoms with Gasteiger partial charge in [-0.25, -0.2) is 0 Å². The van der Waals surface area contributed by atoms with Gasteiger partial charge in [-0.3, -0.25) is 0 Å². The Kier molecular flexibility index (Phi) is 3.52. The van der Waals surface area contributed by atoms with Crippen LogP contribution in [0.5, 0.6) is 0 Å². The van der Waals surface area contributed by atoms with Crippen molar-refractivity contribution in [2.24, 2.45) is 5.73 Å². The van der Waals surface area contributed by atoms with E-state index in [-0.39, 0.29) is 6.04 Å². The van der Waals surface area contributed by atoms with Crippen molar-refractivity contribution in [3.8, 4) is 0 Å². The normalized spacial score (nSPS) is 12.8. The fraction of sp³-hybridized carbons (Fsp3) is 0.0667. The molecule has 19 heavy (non-hydrogen) atoms. The van der Waals surface area contributed by atoms with Crippen LogP contribution in [0, 0.1) is 3.57 Å². The van der Waals surface area contributed by atoms with Crippen LogP contribution in [0.4, 0.5) is 0 Å².